The van der Waals surface area contributed by atoms with Crippen molar-refractivity contribution in [2.75, 3.05) is 37.9 Å². The van der Waals surface area contributed by atoms with Gasteiger partial charge in [-0.25, -0.2) is 17.9 Å². The number of ether oxygens (including phenoxy) is 2. The number of urea groups is 1. The number of amides is 2. The van der Waals surface area contributed by atoms with Crippen LogP contribution in [0.2, 0.25) is 0 Å². The molecule has 2 amide bonds. The van der Waals surface area contributed by atoms with E-state index in [0.29, 0.717) is 54.5 Å². The molecule has 11 heteroatoms. The van der Waals surface area contributed by atoms with Crippen molar-refractivity contribution in [3.05, 3.63) is 89.6 Å². The van der Waals surface area contributed by atoms with Gasteiger partial charge in [-0.3, -0.25) is 5.32 Å². The minimum absolute atomic E-state index is 0.129. The normalized spacial score (nSPS) is 14.8. The number of benzene rings is 3. The largest absolute Gasteiger partial charge is 0.493 e. The standard InChI is InChI=1S/C35H43N5O5S/c1-23-11-13-25(14-12-23)40-32(22-31(39-40)35(2,3)4)38-34(41)37-28-10-8-7-9-27(28)33(24-17-19-36-20-18-24)46(42,43)26-15-16-29(44-5)30(21-26)45-6/h7-16,21-22,24,33,36H,17-20H2,1-6H3,(H2,37,38,41). The first-order valence-electron chi connectivity index (χ1n) is 15.4. The van der Waals surface area contributed by atoms with Crippen molar-refractivity contribution >= 4 is 27.4 Å². The van der Waals surface area contributed by atoms with Gasteiger partial charge in [-0.1, -0.05) is 56.7 Å². The molecule has 1 aromatic heterocycles. The molecule has 46 heavy (non-hydrogen) atoms. The molecule has 4 aromatic rings. The Morgan fingerprint density at radius 2 is 1.61 bits per heavy atom. The van der Waals surface area contributed by atoms with E-state index in [1.165, 1.54) is 20.3 Å². The second-order valence-corrected chi connectivity index (χ2v) is 14.7. The van der Waals surface area contributed by atoms with Gasteiger partial charge in [0.1, 0.15) is 5.82 Å². The third-order valence-corrected chi connectivity index (χ3v) is 10.6. The van der Waals surface area contributed by atoms with Crippen molar-refractivity contribution in [2.45, 2.75) is 56.1 Å². The second-order valence-electron chi connectivity index (χ2n) is 12.6. The predicted molar refractivity (Wildman–Crippen MR) is 181 cm³/mol. The first-order chi connectivity index (χ1) is 21.9. The summed E-state index contributed by atoms with van der Waals surface area (Å²) in [7, 11) is -0.951. The van der Waals surface area contributed by atoms with Gasteiger partial charge >= 0.3 is 6.03 Å². The number of hydrogen-bond donors (Lipinski definition) is 3. The summed E-state index contributed by atoms with van der Waals surface area (Å²) >= 11 is 0. The number of carbonyl (C=O) groups is 1. The van der Waals surface area contributed by atoms with Crippen molar-refractivity contribution in [2.24, 2.45) is 5.92 Å². The molecule has 1 fully saturated rings. The van der Waals surface area contributed by atoms with Gasteiger partial charge in [-0.2, -0.15) is 5.10 Å². The van der Waals surface area contributed by atoms with Crippen molar-refractivity contribution in [3.63, 3.8) is 0 Å². The van der Waals surface area contributed by atoms with Crippen LogP contribution in [0.5, 0.6) is 11.5 Å². The van der Waals surface area contributed by atoms with Crippen LogP contribution >= 0.6 is 0 Å². The number of anilines is 2. The van der Waals surface area contributed by atoms with Gasteiger partial charge in [0.2, 0.25) is 0 Å². The lowest BCUT2D eigenvalue weighted by atomic mass is 9.89. The number of nitrogens with zero attached hydrogens (tertiary/aromatic N) is 2. The van der Waals surface area contributed by atoms with Gasteiger partial charge in [0.25, 0.3) is 0 Å². The Kier molecular flexibility index (Phi) is 9.74. The molecule has 0 radical (unpaired) electrons. The van der Waals surface area contributed by atoms with Gasteiger partial charge in [0.05, 0.1) is 35.7 Å². The molecular formula is C35H43N5O5S. The van der Waals surface area contributed by atoms with Crippen LogP contribution in [-0.4, -0.2) is 51.5 Å². The van der Waals surface area contributed by atoms with Gasteiger partial charge < -0.3 is 20.1 Å². The fraction of sp³-hybridized carbons (Fsp3) is 0.371. The third-order valence-electron chi connectivity index (χ3n) is 8.34. The zero-order valence-corrected chi connectivity index (χ0v) is 28.1. The van der Waals surface area contributed by atoms with Crippen LogP contribution in [0.25, 0.3) is 5.69 Å². The maximum Gasteiger partial charge on any atom is 0.324 e. The lowest BCUT2D eigenvalue weighted by Gasteiger charge is -2.32. The van der Waals surface area contributed by atoms with Crippen LogP contribution in [0.4, 0.5) is 16.3 Å². The summed E-state index contributed by atoms with van der Waals surface area (Å²) in [5.41, 5.74) is 3.43. The fourth-order valence-corrected chi connectivity index (χ4v) is 7.95. The van der Waals surface area contributed by atoms with Crippen LogP contribution in [0, 0.1) is 12.8 Å². The fourth-order valence-electron chi connectivity index (χ4n) is 5.81. The first kappa shape index (κ1) is 33.0. The average molecular weight is 646 g/mol. The molecule has 1 atom stereocenters. The molecule has 2 heterocycles. The Labute approximate surface area is 271 Å². The third kappa shape index (κ3) is 7.05. The monoisotopic (exact) mass is 645 g/mol. The van der Waals surface area contributed by atoms with E-state index >= 15 is 0 Å². The zero-order chi connectivity index (χ0) is 33.1. The number of piperidine rings is 1. The summed E-state index contributed by atoms with van der Waals surface area (Å²) in [6, 6.07) is 21.0. The summed E-state index contributed by atoms with van der Waals surface area (Å²) < 4.78 is 41.5. The number of nitrogens with one attached hydrogen (secondary N) is 3. The van der Waals surface area contributed by atoms with E-state index in [1.54, 1.807) is 41.1 Å². The summed E-state index contributed by atoms with van der Waals surface area (Å²) in [5.74, 6) is 1.09. The van der Waals surface area contributed by atoms with E-state index in [-0.39, 0.29) is 16.2 Å². The minimum Gasteiger partial charge on any atom is -0.493 e. The Morgan fingerprint density at radius 3 is 2.26 bits per heavy atom. The maximum atomic E-state index is 14.5. The number of aryl methyl sites for hydroxylation is 1. The molecule has 1 unspecified atom stereocenters. The minimum atomic E-state index is -3.94. The number of rotatable bonds is 9. The van der Waals surface area contributed by atoms with Gasteiger partial charge in [-0.15, -0.1) is 0 Å². The van der Waals surface area contributed by atoms with E-state index in [0.717, 1.165) is 16.9 Å². The predicted octanol–water partition coefficient (Wildman–Crippen LogP) is 6.65. The molecule has 0 bridgehead atoms. The topological polar surface area (TPSA) is 124 Å². The van der Waals surface area contributed by atoms with Gasteiger partial charge in [0, 0.05) is 23.2 Å². The van der Waals surface area contributed by atoms with Crippen LogP contribution in [-0.2, 0) is 15.3 Å². The van der Waals surface area contributed by atoms with E-state index in [2.05, 4.69) is 36.7 Å². The van der Waals surface area contributed by atoms with Crippen molar-refractivity contribution in [1.29, 1.82) is 0 Å². The number of methoxy groups -OCH3 is 2. The highest BCUT2D eigenvalue weighted by Gasteiger charge is 2.38. The Morgan fingerprint density at radius 1 is 0.935 bits per heavy atom. The number of para-hydroxylation sites is 1. The lowest BCUT2D eigenvalue weighted by molar-refractivity contribution is 0.262. The van der Waals surface area contributed by atoms with Crippen LogP contribution in [0.3, 0.4) is 0 Å². The molecular weight excluding hydrogens is 602 g/mol. The number of sulfone groups is 1. The highest BCUT2D eigenvalue weighted by molar-refractivity contribution is 7.91. The van der Waals surface area contributed by atoms with E-state index in [1.807, 2.05) is 37.3 Å². The van der Waals surface area contributed by atoms with Crippen molar-refractivity contribution in [3.8, 4) is 17.2 Å². The maximum absolute atomic E-state index is 14.5. The summed E-state index contributed by atoms with van der Waals surface area (Å²) in [6.45, 7) is 9.62. The lowest BCUT2D eigenvalue weighted by Crippen LogP contribution is -2.34. The number of aromatic nitrogens is 2. The average Bonchev–Trinajstić information content (AvgIpc) is 3.46. The molecule has 0 spiro atoms. The van der Waals surface area contributed by atoms with Crippen molar-refractivity contribution in [1.82, 2.24) is 15.1 Å². The number of carbonyl (C=O) groups excluding carboxylic acids is 1. The highest BCUT2D eigenvalue weighted by atomic mass is 32.2. The van der Waals surface area contributed by atoms with Crippen LogP contribution < -0.4 is 25.4 Å². The number of hydrogen-bond acceptors (Lipinski definition) is 7. The van der Waals surface area contributed by atoms with Gasteiger partial charge in [-0.05, 0) is 74.7 Å². The molecule has 5 rings (SSSR count). The molecule has 1 saturated heterocycles. The Hall–Kier alpha value is -4.35. The smallest absolute Gasteiger partial charge is 0.324 e. The van der Waals surface area contributed by atoms with E-state index in [4.69, 9.17) is 14.6 Å². The van der Waals surface area contributed by atoms with Crippen LogP contribution in [0.1, 0.15) is 55.7 Å². The SMILES string of the molecule is COc1ccc(S(=O)(=O)C(c2ccccc2NC(=O)Nc2cc(C(C)(C)C)nn2-c2ccc(C)cc2)C2CCNCC2)cc1OC. The molecule has 1 aliphatic rings. The second kappa shape index (κ2) is 13.6. The van der Waals surface area contributed by atoms with Crippen LogP contribution in [0.15, 0.2) is 77.7 Å². The molecule has 0 saturated carbocycles. The molecule has 10 nitrogen and oxygen atoms in total. The molecule has 3 aromatic carbocycles. The van der Waals surface area contributed by atoms with Gasteiger partial charge in [0.15, 0.2) is 21.3 Å². The first-order valence-corrected chi connectivity index (χ1v) is 17.0. The van der Waals surface area contributed by atoms with Crippen molar-refractivity contribution < 1.29 is 22.7 Å². The zero-order valence-electron chi connectivity index (χ0n) is 27.3. The van der Waals surface area contributed by atoms with E-state index < -0.39 is 21.1 Å². The summed E-state index contributed by atoms with van der Waals surface area (Å²) in [5, 5.41) is 13.2. The summed E-state index contributed by atoms with van der Waals surface area (Å²) in [6.07, 6.45) is 1.34. The molecule has 244 valence electrons. The highest BCUT2D eigenvalue weighted by Crippen LogP contribution is 2.43. The Balaban J connectivity index is 1.51. The Bertz CT molecular complexity index is 1790. The molecule has 1 aliphatic heterocycles. The molecule has 0 aliphatic carbocycles. The summed E-state index contributed by atoms with van der Waals surface area (Å²) in [4.78, 5) is 13.8. The van der Waals surface area contributed by atoms with E-state index in [9.17, 15) is 13.2 Å². The quantitative estimate of drug-likeness (QED) is 0.186. The molecule has 3 N–H and O–H groups in total.